The van der Waals surface area contributed by atoms with Crippen molar-refractivity contribution in [3.8, 4) is 0 Å². The van der Waals surface area contributed by atoms with Crippen LogP contribution in [0.2, 0.25) is 0 Å². The summed E-state index contributed by atoms with van der Waals surface area (Å²) in [5.74, 6) is -0.141. The van der Waals surface area contributed by atoms with E-state index in [1.165, 1.54) is 5.54 Å². The second-order valence-corrected chi connectivity index (χ2v) is 5.83. The highest BCUT2D eigenvalue weighted by Crippen LogP contribution is 2.31. The molecule has 0 aliphatic carbocycles. The van der Waals surface area contributed by atoms with Crippen molar-refractivity contribution in [2.75, 3.05) is 6.54 Å². The number of nitrogens with one attached hydrogen (secondary N) is 1. The van der Waals surface area contributed by atoms with Crippen LogP contribution in [0, 0.1) is 0 Å². The molecule has 2 atom stereocenters. The van der Waals surface area contributed by atoms with Gasteiger partial charge in [0.2, 0.25) is 11.8 Å². The Kier molecular flexibility index (Phi) is 4.67. The summed E-state index contributed by atoms with van der Waals surface area (Å²) in [7, 11) is 0. The van der Waals surface area contributed by atoms with Gasteiger partial charge < -0.3 is 10.2 Å². The SMILES string of the molecule is CCC1(C)NC(=O)C(C)(CC)N(CC(C)=CCl)C1=O. The summed E-state index contributed by atoms with van der Waals surface area (Å²) >= 11 is 5.70. The molecule has 2 unspecified atom stereocenters. The molecule has 108 valence electrons. The number of amides is 2. The van der Waals surface area contributed by atoms with Gasteiger partial charge in [-0.25, -0.2) is 0 Å². The number of carbonyl (C=O) groups excluding carboxylic acids is 2. The van der Waals surface area contributed by atoms with Crippen molar-refractivity contribution >= 4 is 23.4 Å². The number of halogens is 1. The molecule has 1 saturated heterocycles. The summed E-state index contributed by atoms with van der Waals surface area (Å²) in [6.45, 7) is 9.62. The highest BCUT2D eigenvalue weighted by atomic mass is 35.5. The largest absolute Gasteiger partial charge is 0.340 e. The maximum Gasteiger partial charge on any atom is 0.249 e. The van der Waals surface area contributed by atoms with Gasteiger partial charge in [0.15, 0.2) is 0 Å². The van der Waals surface area contributed by atoms with Gasteiger partial charge in [0.25, 0.3) is 0 Å². The van der Waals surface area contributed by atoms with Crippen LogP contribution in [0.5, 0.6) is 0 Å². The van der Waals surface area contributed by atoms with Crippen molar-refractivity contribution < 1.29 is 9.59 Å². The van der Waals surface area contributed by atoms with Gasteiger partial charge in [-0.15, -0.1) is 0 Å². The van der Waals surface area contributed by atoms with Gasteiger partial charge in [0, 0.05) is 12.1 Å². The third kappa shape index (κ3) is 2.64. The standard InChI is InChI=1S/C14H23ClN2O2/c1-6-13(4)12(19)17(9-10(3)8-15)14(5,7-2)11(18)16-13/h8H,6-7,9H2,1-5H3,(H,16,18). The Morgan fingerprint density at radius 2 is 1.89 bits per heavy atom. The van der Waals surface area contributed by atoms with E-state index in [4.69, 9.17) is 11.6 Å². The molecule has 1 aliphatic rings. The summed E-state index contributed by atoms with van der Waals surface area (Å²) in [4.78, 5) is 26.7. The zero-order chi connectivity index (χ0) is 14.8. The van der Waals surface area contributed by atoms with Crippen molar-refractivity contribution in [2.24, 2.45) is 0 Å². The van der Waals surface area contributed by atoms with Crippen LogP contribution in [0.25, 0.3) is 0 Å². The average Bonchev–Trinajstić information content (AvgIpc) is 2.41. The van der Waals surface area contributed by atoms with E-state index in [2.05, 4.69) is 5.32 Å². The van der Waals surface area contributed by atoms with E-state index in [0.29, 0.717) is 19.4 Å². The third-order valence-corrected chi connectivity index (χ3v) is 4.55. The lowest BCUT2D eigenvalue weighted by atomic mass is 9.84. The molecule has 0 radical (unpaired) electrons. The first-order valence-electron chi connectivity index (χ1n) is 6.65. The number of hydrogen-bond acceptors (Lipinski definition) is 2. The van der Waals surface area contributed by atoms with Crippen LogP contribution in [-0.4, -0.2) is 34.3 Å². The molecule has 0 aromatic carbocycles. The van der Waals surface area contributed by atoms with Gasteiger partial charge in [0.05, 0.1) is 0 Å². The molecule has 1 fully saturated rings. The third-order valence-electron chi connectivity index (χ3n) is 4.18. The van der Waals surface area contributed by atoms with E-state index in [1.54, 1.807) is 18.7 Å². The maximum absolute atomic E-state index is 12.7. The first kappa shape index (κ1) is 16.0. The fraction of sp³-hybridized carbons (Fsp3) is 0.714. The lowest BCUT2D eigenvalue weighted by Gasteiger charge is -2.50. The Labute approximate surface area is 120 Å². The smallest absolute Gasteiger partial charge is 0.249 e. The second-order valence-electron chi connectivity index (χ2n) is 5.61. The molecule has 0 saturated carbocycles. The fourth-order valence-electron chi connectivity index (χ4n) is 2.20. The topological polar surface area (TPSA) is 49.4 Å². The molecule has 1 heterocycles. The molecule has 5 heteroatoms. The van der Waals surface area contributed by atoms with Crippen LogP contribution < -0.4 is 5.32 Å². The van der Waals surface area contributed by atoms with Gasteiger partial charge in [-0.1, -0.05) is 25.4 Å². The van der Waals surface area contributed by atoms with Gasteiger partial charge >= 0.3 is 0 Å². The highest BCUT2D eigenvalue weighted by molar-refractivity contribution is 6.25. The molecular formula is C14H23ClN2O2. The van der Waals surface area contributed by atoms with E-state index >= 15 is 0 Å². The van der Waals surface area contributed by atoms with Crippen LogP contribution in [0.3, 0.4) is 0 Å². The molecule has 0 bridgehead atoms. The Balaban J connectivity index is 3.22. The Hall–Kier alpha value is -1.03. The molecule has 1 aliphatic heterocycles. The summed E-state index contributed by atoms with van der Waals surface area (Å²) in [5.41, 5.74) is 0.688. The van der Waals surface area contributed by atoms with E-state index in [0.717, 1.165) is 5.57 Å². The lowest BCUT2D eigenvalue weighted by Crippen LogP contribution is -2.73. The number of carbonyl (C=O) groups is 2. The van der Waals surface area contributed by atoms with Crippen LogP contribution in [0.4, 0.5) is 0 Å². The minimum atomic E-state index is -0.821. The monoisotopic (exact) mass is 286 g/mol. The zero-order valence-electron chi connectivity index (χ0n) is 12.3. The summed E-state index contributed by atoms with van der Waals surface area (Å²) < 4.78 is 0. The van der Waals surface area contributed by atoms with Gasteiger partial charge in [0.1, 0.15) is 11.1 Å². The van der Waals surface area contributed by atoms with Crippen molar-refractivity contribution in [3.63, 3.8) is 0 Å². The molecule has 2 amide bonds. The highest BCUT2D eigenvalue weighted by Gasteiger charge is 2.52. The zero-order valence-corrected chi connectivity index (χ0v) is 13.1. The maximum atomic E-state index is 12.7. The Bertz CT molecular complexity index is 422. The van der Waals surface area contributed by atoms with Crippen LogP contribution in [0.15, 0.2) is 11.1 Å². The lowest BCUT2D eigenvalue weighted by molar-refractivity contribution is -0.161. The molecule has 4 nitrogen and oxygen atoms in total. The Morgan fingerprint density at radius 3 is 2.32 bits per heavy atom. The quantitative estimate of drug-likeness (QED) is 0.863. The molecule has 0 aromatic rings. The molecule has 0 aromatic heterocycles. The average molecular weight is 287 g/mol. The van der Waals surface area contributed by atoms with E-state index < -0.39 is 11.1 Å². The van der Waals surface area contributed by atoms with Crippen molar-refractivity contribution in [3.05, 3.63) is 11.1 Å². The molecule has 1 rings (SSSR count). The van der Waals surface area contributed by atoms with Gasteiger partial charge in [-0.2, -0.15) is 0 Å². The van der Waals surface area contributed by atoms with Crippen LogP contribution in [0.1, 0.15) is 47.5 Å². The molecule has 0 spiro atoms. The van der Waals surface area contributed by atoms with Gasteiger partial charge in [-0.05, 0) is 39.2 Å². The minimum absolute atomic E-state index is 0.0446. The minimum Gasteiger partial charge on any atom is -0.340 e. The Morgan fingerprint density at radius 1 is 1.32 bits per heavy atom. The number of piperazine rings is 1. The first-order chi connectivity index (χ1) is 8.75. The number of nitrogens with zero attached hydrogens (tertiary/aromatic N) is 1. The van der Waals surface area contributed by atoms with Crippen molar-refractivity contribution in [2.45, 2.75) is 58.5 Å². The predicted octanol–water partition coefficient (Wildman–Crippen LogP) is 2.42. The summed E-state index contributed by atoms with van der Waals surface area (Å²) in [6, 6.07) is 0. The van der Waals surface area contributed by atoms with Gasteiger partial charge in [-0.3, -0.25) is 9.59 Å². The normalized spacial score (nSPS) is 32.5. The molecular weight excluding hydrogens is 264 g/mol. The van der Waals surface area contributed by atoms with Crippen molar-refractivity contribution in [1.82, 2.24) is 10.2 Å². The first-order valence-corrected chi connectivity index (χ1v) is 7.09. The molecule has 19 heavy (non-hydrogen) atoms. The van der Waals surface area contributed by atoms with E-state index in [1.807, 2.05) is 20.8 Å². The number of hydrogen-bond donors (Lipinski definition) is 1. The summed E-state index contributed by atoms with van der Waals surface area (Å²) in [6.07, 6.45) is 1.14. The van der Waals surface area contributed by atoms with E-state index in [9.17, 15) is 9.59 Å². The fourth-order valence-corrected chi connectivity index (χ4v) is 2.27. The summed E-state index contributed by atoms with van der Waals surface area (Å²) in [5, 5.41) is 2.87. The van der Waals surface area contributed by atoms with Crippen LogP contribution >= 0.6 is 11.6 Å². The molecule has 1 N–H and O–H groups in total. The predicted molar refractivity (Wildman–Crippen MR) is 76.9 cm³/mol. The van der Waals surface area contributed by atoms with Crippen LogP contribution in [-0.2, 0) is 9.59 Å². The number of rotatable bonds is 4. The van der Waals surface area contributed by atoms with E-state index in [-0.39, 0.29) is 11.8 Å². The van der Waals surface area contributed by atoms with Crippen molar-refractivity contribution in [1.29, 1.82) is 0 Å². The second kappa shape index (κ2) is 5.53.